The van der Waals surface area contributed by atoms with Crippen LogP contribution in [0.2, 0.25) is 0 Å². The molecular formula is C31H35FN2O4. The number of hydrogen-bond acceptors (Lipinski definition) is 4. The fourth-order valence-electron chi connectivity index (χ4n) is 4.42. The van der Waals surface area contributed by atoms with Crippen molar-refractivity contribution in [1.29, 1.82) is 0 Å². The highest BCUT2D eigenvalue weighted by atomic mass is 19.1. The maximum absolute atomic E-state index is 14.7. The molecule has 3 aromatic rings. The van der Waals surface area contributed by atoms with Crippen molar-refractivity contribution in [2.24, 2.45) is 5.92 Å². The third-order valence-corrected chi connectivity index (χ3v) is 6.49. The summed E-state index contributed by atoms with van der Waals surface area (Å²) in [5, 5.41) is 2.99. The maximum Gasteiger partial charge on any atom is 0.243 e. The number of carbonyl (C=O) groups excluding carboxylic acids is 2. The number of fused-ring (bicyclic) bond motifs is 1. The molecule has 0 unspecified atom stereocenters. The van der Waals surface area contributed by atoms with Crippen LogP contribution in [0.4, 0.5) is 4.39 Å². The van der Waals surface area contributed by atoms with Crippen LogP contribution in [0.5, 0.6) is 11.5 Å². The van der Waals surface area contributed by atoms with Gasteiger partial charge < -0.3 is 19.7 Å². The highest BCUT2D eigenvalue weighted by Gasteiger charge is 2.31. The minimum Gasteiger partial charge on any atom is -0.486 e. The smallest absolute Gasteiger partial charge is 0.243 e. The van der Waals surface area contributed by atoms with Crippen LogP contribution in [-0.2, 0) is 29.0 Å². The number of benzene rings is 3. The van der Waals surface area contributed by atoms with Gasteiger partial charge in [0.1, 0.15) is 25.1 Å². The second-order valence-electron chi connectivity index (χ2n) is 9.94. The average molecular weight is 519 g/mol. The highest BCUT2D eigenvalue weighted by molar-refractivity contribution is 5.88. The molecule has 7 heteroatoms. The second-order valence-corrected chi connectivity index (χ2v) is 9.94. The number of rotatable bonds is 11. The van der Waals surface area contributed by atoms with Crippen LogP contribution >= 0.6 is 0 Å². The standard InChI is InChI=1S/C31H35FN2O4/c1-22(2)20-33-31(36)27(18-23-8-4-3-5-9-23)34(21-25-10-6-7-11-26(25)32)30(35)15-13-24-12-14-28-29(19-24)38-17-16-37-28/h3-12,14,19,22,27H,13,15-18,20-21H2,1-2H3,(H,33,36)/t27-/m1/s1. The molecule has 0 saturated heterocycles. The highest BCUT2D eigenvalue weighted by Crippen LogP contribution is 2.31. The Labute approximate surface area is 223 Å². The van der Waals surface area contributed by atoms with E-state index in [1.807, 2.05) is 62.4 Å². The molecule has 0 fully saturated rings. The van der Waals surface area contributed by atoms with Gasteiger partial charge in [0.15, 0.2) is 11.5 Å². The molecule has 1 N–H and O–H groups in total. The quantitative estimate of drug-likeness (QED) is 0.390. The number of nitrogens with zero attached hydrogens (tertiary/aromatic N) is 1. The minimum absolute atomic E-state index is 0.000750. The van der Waals surface area contributed by atoms with Crippen LogP contribution in [-0.4, -0.2) is 42.5 Å². The largest absolute Gasteiger partial charge is 0.486 e. The van der Waals surface area contributed by atoms with Gasteiger partial charge in [-0.1, -0.05) is 68.4 Å². The van der Waals surface area contributed by atoms with E-state index >= 15 is 0 Å². The number of amides is 2. The summed E-state index contributed by atoms with van der Waals surface area (Å²) in [5.41, 5.74) is 2.22. The maximum atomic E-state index is 14.7. The average Bonchev–Trinajstić information content (AvgIpc) is 2.93. The summed E-state index contributed by atoms with van der Waals surface area (Å²) < 4.78 is 26.0. The molecule has 38 heavy (non-hydrogen) atoms. The van der Waals surface area contributed by atoms with Gasteiger partial charge in [-0.25, -0.2) is 4.39 Å². The zero-order chi connectivity index (χ0) is 26.9. The van der Waals surface area contributed by atoms with Crippen LogP contribution < -0.4 is 14.8 Å². The predicted molar refractivity (Wildman–Crippen MR) is 144 cm³/mol. The summed E-state index contributed by atoms with van der Waals surface area (Å²) in [6, 6.07) is 20.8. The van der Waals surface area contributed by atoms with Gasteiger partial charge in [0, 0.05) is 31.5 Å². The van der Waals surface area contributed by atoms with Gasteiger partial charge in [-0.2, -0.15) is 0 Å². The Morgan fingerprint density at radius 1 is 0.921 bits per heavy atom. The normalized spacial score (nSPS) is 13.2. The fraction of sp³-hybridized carbons (Fsp3) is 0.355. The molecule has 6 nitrogen and oxygen atoms in total. The van der Waals surface area contributed by atoms with Crippen molar-refractivity contribution in [2.75, 3.05) is 19.8 Å². The van der Waals surface area contributed by atoms with Gasteiger partial charge in [0.25, 0.3) is 0 Å². The molecule has 0 saturated carbocycles. The molecule has 1 heterocycles. The first kappa shape index (κ1) is 27.2. The van der Waals surface area contributed by atoms with E-state index in [9.17, 15) is 14.0 Å². The molecule has 1 aliphatic heterocycles. The number of nitrogens with one attached hydrogen (secondary N) is 1. The van der Waals surface area contributed by atoms with Crippen LogP contribution in [0.3, 0.4) is 0 Å². The van der Waals surface area contributed by atoms with Gasteiger partial charge >= 0.3 is 0 Å². The number of carbonyl (C=O) groups is 2. The molecular weight excluding hydrogens is 483 g/mol. The molecule has 2 amide bonds. The Morgan fingerprint density at radius 2 is 1.63 bits per heavy atom. The van der Waals surface area contributed by atoms with Gasteiger partial charge in [-0.3, -0.25) is 9.59 Å². The van der Waals surface area contributed by atoms with E-state index in [0.29, 0.717) is 49.7 Å². The molecule has 3 aromatic carbocycles. The molecule has 200 valence electrons. The lowest BCUT2D eigenvalue weighted by atomic mass is 10.0. The Morgan fingerprint density at radius 3 is 2.37 bits per heavy atom. The number of ether oxygens (including phenoxy) is 2. The molecule has 0 aromatic heterocycles. The first-order chi connectivity index (χ1) is 18.4. The van der Waals surface area contributed by atoms with Crippen molar-refractivity contribution in [3.63, 3.8) is 0 Å². The Balaban J connectivity index is 1.59. The zero-order valence-electron chi connectivity index (χ0n) is 22.0. The Bertz CT molecular complexity index is 1230. The molecule has 0 radical (unpaired) electrons. The van der Waals surface area contributed by atoms with Crippen LogP contribution in [0.1, 0.15) is 37.0 Å². The monoisotopic (exact) mass is 518 g/mol. The fourth-order valence-corrected chi connectivity index (χ4v) is 4.42. The topological polar surface area (TPSA) is 67.9 Å². The minimum atomic E-state index is -0.788. The first-order valence-electron chi connectivity index (χ1n) is 13.1. The van der Waals surface area contributed by atoms with Gasteiger partial charge in [-0.05, 0) is 41.7 Å². The second kappa shape index (κ2) is 13.1. The molecule has 4 rings (SSSR count). The Hall–Kier alpha value is -3.87. The van der Waals surface area contributed by atoms with Crippen molar-refractivity contribution < 1.29 is 23.5 Å². The van der Waals surface area contributed by atoms with E-state index in [4.69, 9.17) is 9.47 Å². The van der Waals surface area contributed by atoms with E-state index in [1.54, 1.807) is 18.2 Å². The van der Waals surface area contributed by atoms with Crippen molar-refractivity contribution in [2.45, 2.75) is 45.7 Å². The predicted octanol–water partition coefficient (Wildman–Crippen LogP) is 4.94. The zero-order valence-corrected chi connectivity index (χ0v) is 22.0. The first-order valence-corrected chi connectivity index (χ1v) is 13.1. The van der Waals surface area contributed by atoms with Gasteiger partial charge in [0.2, 0.25) is 11.8 Å². The van der Waals surface area contributed by atoms with E-state index in [1.165, 1.54) is 11.0 Å². The summed E-state index contributed by atoms with van der Waals surface area (Å²) in [6.07, 6.45) is 0.945. The van der Waals surface area contributed by atoms with E-state index < -0.39 is 11.9 Å². The summed E-state index contributed by atoms with van der Waals surface area (Å²) in [7, 11) is 0. The molecule has 0 aliphatic carbocycles. The lowest BCUT2D eigenvalue weighted by Crippen LogP contribution is -2.51. The summed E-state index contributed by atoms with van der Waals surface area (Å²) in [4.78, 5) is 28.8. The van der Waals surface area contributed by atoms with E-state index in [-0.39, 0.29) is 30.7 Å². The van der Waals surface area contributed by atoms with Gasteiger partial charge in [-0.15, -0.1) is 0 Å². The third kappa shape index (κ3) is 7.34. The number of aryl methyl sites for hydroxylation is 1. The lowest BCUT2D eigenvalue weighted by molar-refractivity contribution is -0.141. The molecule has 1 atom stereocenters. The van der Waals surface area contributed by atoms with E-state index in [2.05, 4.69) is 5.32 Å². The van der Waals surface area contributed by atoms with Crippen LogP contribution in [0.25, 0.3) is 0 Å². The lowest BCUT2D eigenvalue weighted by Gasteiger charge is -2.32. The number of halogens is 1. The van der Waals surface area contributed by atoms with Crippen molar-refractivity contribution in [3.05, 3.63) is 95.3 Å². The summed E-state index contributed by atoms with van der Waals surface area (Å²) in [5.74, 6) is 0.743. The van der Waals surface area contributed by atoms with Crippen molar-refractivity contribution >= 4 is 11.8 Å². The number of hydrogen-bond donors (Lipinski definition) is 1. The Kier molecular flexibility index (Phi) is 9.35. The van der Waals surface area contributed by atoms with Crippen molar-refractivity contribution in [1.82, 2.24) is 10.2 Å². The molecule has 1 aliphatic rings. The van der Waals surface area contributed by atoms with Crippen molar-refractivity contribution in [3.8, 4) is 11.5 Å². The SMILES string of the molecule is CC(C)CNC(=O)[C@@H](Cc1ccccc1)N(Cc1ccccc1F)C(=O)CCc1ccc2c(c1)OCCO2. The third-order valence-electron chi connectivity index (χ3n) is 6.49. The van der Waals surface area contributed by atoms with Crippen LogP contribution in [0, 0.1) is 11.7 Å². The van der Waals surface area contributed by atoms with E-state index in [0.717, 1.165) is 11.1 Å². The molecule has 0 bridgehead atoms. The summed E-state index contributed by atoms with van der Waals surface area (Å²) >= 11 is 0. The van der Waals surface area contributed by atoms with Gasteiger partial charge in [0.05, 0.1) is 0 Å². The molecule has 0 spiro atoms. The van der Waals surface area contributed by atoms with Crippen LogP contribution in [0.15, 0.2) is 72.8 Å². The summed E-state index contributed by atoms with van der Waals surface area (Å²) in [6.45, 7) is 5.52.